The number of nitrogens with one attached hydrogen (secondary N) is 1. The largest absolute Gasteiger partial charge is 0.314 e. The molecule has 1 aliphatic rings. The van der Waals surface area contributed by atoms with E-state index in [4.69, 9.17) is 0 Å². The van der Waals surface area contributed by atoms with E-state index in [0.717, 1.165) is 19.0 Å². The number of aromatic nitrogens is 1. The average molecular weight is 359 g/mol. The lowest BCUT2D eigenvalue weighted by Gasteiger charge is -2.21. The molecule has 0 aliphatic heterocycles. The van der Waals surface area contributed by atoms with Crippen molar-refractivity contribution in [1.82, 2.24) is 9.88 Å². The highest BCUT2D eigenvalue weighted by molar-refractivity contribution is 5.65. The van der Waals surface area contributed by atoms with Crippen molar-refractivity contribution in [2.75, 3.05) is 6.54 Å². The van der Waals surface area contributed by atoms with Gasteiger partial charge in [-0.3, -0.25) is 0 Å². The van der Waals surface area contributed by atoms with Gasteiger partial charge in [-0.2, -0.15) is 0 Å². The summed E-state index contributed by atoms with van der Waals surface area (Å²) in [5.74, 6) is 0.865. The van der Waals surface area contributed by atoms with E-state index in [1.54, 1.807) is 0 Å². The molecule has 2 nitrogen and oxygen atoms in total. The zero-order valence-corrected chi connectivity index (χ0v) is 16.3. The molecule has 0 unspecified atom stereocenters. The van der Waals surface area contributed by atoms with Crippen LogP contribution in [0, 0.1) is 12.8 Å². The third-order valence-electron chi connectivity index (χ3n) is 5.91. The first kappa shape index (κ1) is 18.1. The SMILES string of the molecule is Cc1c(CNCC2CCCCC2)cc(-c2ccccc2)n1-c1ccccc1. The molecule has 1 aromatic heterocycles. The molecule has 0 amide bonds. The average Bonchev–Trinajstić information content (AvgIpc) is 3.06. The molecule has 2 heteroatoms. The molecule has 1 aliphatic carbocycles. The fraction of sp³-hybridized carbons (Fsp3) is 0.360. The molecule has 0 radical (unpaired) electrons. The molecular formula is C25H30N2. The number of nitrogens with zero attached hydrogens (tertiary/aromatic N) is 1. The quantitative estimate of drug-likeness (QED) is 0.561. The minimum absolute atomic E-state index is 0.865. The molecule has 27 heavy (non-hydrogen) atoms. The van der Waals surface area contributed by atoms with Gasteiger partial charge < -0.3 is 9.88 Å². The molecule has 3 aromatic rings. The summed E-state index contributed by atoms with van der Waals surface area (Å²) >= 11 is 0. The fourth-order valence-corrected chi connectivity index (χ4v) is 4.37. The zero-order chi connectivity index (χ0) is 18.5. The first-order valence-electron chi connectivity index (χ1n) is 10.4. The molecule has 140 valence electrons. The Balaban J connectivity index is 1.60. The normalized spacial score (nSPS) is 15.1. The van der Waals surface area contributed by atoms with Crippen LogP contribution in [0.25, 0.3) is 16.9 Å². The maximum atomic E-state index is 3.74. The van der Waals surface area contributed by atoms with Gasteiger partial charge in [-0.05, 0) is 61.6 Å². The number of hydrogen-bond donors (Lipinski definition) is 1. The van der Waals surface area contributed by atoms with Gasteiger partial charge in [0.1, 0.15) is 0 Å². The predicted octanol–water partition coefficient (Wildman–Crippen LogP) is 6.12. The van der Waals surface area contributed by atoms with Gasteiger partial charge >= 0.3 is 0 Å². The molecular weight excluding hydrogens is 328 g/mol. The van der Waals surface area contributed by atoms with E-state index in [-0.39, 0.29) is 0 Å². The van der Waals surface area contributed by atoms with Crippen molar-refractivity contribution in [2.45, 2.75) is 45.6 Å². The van der Waals surface area contributed by atoms with Crippen LogP contribution >= 0.6 is 0 Å². The number of para-hydroxylation sites is 1. The first-order chi connectivity index (χ1) is 13.3. The van der Waals surface area contributed by atoms with Gasteiger partial charge in [0, 0.05) is 17.9 Å². The molecule has 0 bridgehead atoms. The number of hydrogen-bond acceptors (Lipinski definition) is 1. The standard InChI is InChI=1S/C25H30N2/c1-20-23(19-26-18-21-11-5-2-6-12-21)17-25(22-13-7-3-8-14-22)27(20)24-15-9-4-10-16-24/h3-4,7-10,13-17,21,26H,2,5-6,11-12,18-19H2,1H3. The summed E-state index contributed by atoms with van der Waals surface area (Å²) in [5, 5.41) is 3.74. The van der Waals surface area contributed by atoms with Crippen molar-refractivity contribution in [1.29, 1.82) is 0 Å². The van der Waals surface area contributed by atoms with Crippen molar-refractivity contribution < 1.29 is 0 Å². The highest BCUT2D eigenvalue weighted by Gasteiger charge is 2.16. The molecule has 0 atom stereocenters. The zero-order valence-electron chi connectivity index (χ0n) is 16.3. The van der Waals surface area contributed by atoms with Crippen LogP contribution in [0.4, 0.5) is 0 Å². The first-order valence-corrected chi connectivity index (χ1v) is 10.4. The van der Waals surface area contributed by atoms with Gasteiger partial charge in [0.25, 0.3) is 0 Å². The summed E-state index contributed by atoms with van der Waals surface area (Å²) in [5.41, 5.74) is 6.49. The molecule has 1 heterocycles. The molecule has 1 saturated carbocycles. The van der Waals surface area contributed by atoms with Crippen molar-refractivity contribution in [3.8, 4) is 16.9 Å². The Bertz CT molecular complexity index is 843. The van der Waals surface area contributed by atoms with Gasteiger partial charge in [0.15, 0.2) is 0 Å². The van der Waals surface area contributed by atoms with Crippen LogP contribution in [0.1, 0.15) is 43.4 Å². The van der Waals surface area contributed by atoms with Gasteiger partial charge in [-0.1, -0.05) is 67.8 Å². The summed E-state index contributed by atoms with van der Waals surface area (Å²) in [6.07, 6.45) is 7.04. The van der Waals surface area contributed by atoms with Crippen LogP contribution in [0.2, 0.25) is 0 Å². The van der Waals surface area contributed by atoms with E-state index in [1.807, 2.05) is 0 Å². The van der Waals surface area contributed by atoms with E-state index in [0.29, 0.717) is 0 Å². The maximum Gasteiger partial charge on any atom is 0.0534 e. The Morgan fingerprint density at radius 1 is 0.889 bits per heavy atom. The van der Waals surface area contributed by atoms with Gasteiger partial charge in [0.2, 0.25) is 0 Å². The Kier molecular flexibility index (Phi) is 5.74. The lowest BCUT2D eigenvalue weighted by Crippen LogP contribution is -2.24. The monoisotopic (exact) mass is 358 g/mol. The summed E-state index contributed by atoms with van der Waals surface area (Å²) in [6, 6.07) is 23.8. The lowest BCUT2D eigenvalue weighted by molar-refractivity contribution is 0.342. The number of benzene rings is 2. The van der Waals surface area contributed by atoms with Crippen molar-refractivity contribution in [3.63, 3.8) is 0 Å². The second-order valence-electron chi connectivity index (χ2n) is 7.81. The summed E-state index contributed by atoms with van der Waals surface area (Å²) in [7, 11) is 0. The summed E-state index contributed by atoms with van der Waals surface area (Å²) in [4.78, 5) is 0. The lowest BCUT2D eigenvalue weighted by atomic mass is 9.89. The summed E-state index contributed by atoms with van der Waals surface area (Å²) in [6.45, 7) is 4.34. The molecule has 0 saturated heterocycles. The minimum atomic E-state index is 0.865. The Labute approximate surface area is 163 Å². The van der Waals surface area contributed by atoms with Crippen LogP contribution in [0.3, 0.4) is 0 Å². The van der Waals surface area contributed by atoms with E-state index >= 15 is 0 Å². The molecule has 1 N–H and O–H groups in total. The Morgan fingerprint density at radius 3 is 2.26 bits per heavy atom. The predicted molar refractivity (Wildman–Crippen MR) is 114 cm³/mol. The van der Waals surface area contributed by atoms with Crippen molar-refractivity contribution in [3.05, 3.63) is 78.0 Å². The number of rotatable bonds is 6. The maximum absolute atomic E-state index is 3.74. The Hall–Kier alpha value is -2.32. The van der Waals surface area contributed by atoms with Crippen molar-refractivity contribution in [2.24, 2.45) is 5.92 Å². The van der Waals surface area contributed by atoms with Gasteiger partial charge in [0.05, 0.1) is 5.69 Å². The van der Waals surface area contributed by atoms with E-state index in [2.05, 4.69) is 83.5 Å². The smallest absolute Gasteiger partial charge is 0.0534 e. The van der Waals surface area contributed by atoms with E-state index < -0.39 is 0 Å². The molecule has 0 spiro atoms. The third kappa shape index (κ3) is 4.17. The van der Waals surface area contributed by atoms with E-state index in [1.165, 1.54) is 60.3 Å². The molecule has 1 fully saturated rings. The highest BCUT2D eigenvalue weighted by atomic mass is 15.0. The van der Waals surface area contributed by atoms with E-state index in [9.17, 15) is 0 Å². The van der Waals surface area contributed by atoms with Gasteiger partial charge in [-0.15, -0.1) is 0 Å². The fourth-order valence-electron chi connectivity index (χ4n) is 4.37. The third-order valence-corrected chi connectivity index (χ3v) is 5.91. The van der Waals surface area contributed by atoms with Crippen LogP contribution in [-0.2, 0) is 6.54 Å². The highest BCUT2D eigenvalue weighted by Crippen LogP contribution is 2.29. The second kappa shape index (κ2) is 8.58. The van der Waals surface area contributed by atoms with Crippen LogP contribution in [-0.4, -0.2) is 11.1 Å². The Morgan fingerprint density at radius 2 is 1.56 bits per heavy atom. The second-order valence-corrected chi connectivity index (χ2v) is 7.81. The van der Waals surface area contributed by atoms with Crippen LogP contribution in [0.15, 0.2) is 66.7 Å². The van der Waals surface area contributed by atoms with Crippen LogP contribution in [0.5, 0.6) is 0 Å². The minimum Gasteiger partial charge on any atom is -0.314 e. The molecule has 4 rings (SSSR count). The van der Waals surface area contributed by atoms with Gasteiger partial charge in [-0.25, -0.2) is 0 Å². The summed E-state index contributed by atoms with van der Waals surface area (Å²) < 4.78 is 2.40. The van der Waals surface area contributed by atoms with Crippen LogP contribution < -0.4 is 5.32 Å². The van der Waals surface area contributed by atoms with Crippen molar-refractivity contribution >= 4 is 0 Å². The topological polar surface area (TPSA) is 17.0 Å². The molecule has 2 aromatic carbocycles.